The Labute approximate surface area is 152 Å². The van der Waals surface area contributed by atoms with Gasteiger partial charge in [0.15, 0.2) is 5.82 Å². The fourth-order valence-electron chi connectivity index (χ4n) is 3.31. The average molecular weight is 350 g/mol. The molecule has 4 rings (SSSR count). The lowest BCUT2D eigenvalue weighted by Crippen LogP contribution is -2.16. The summed E-state index contributed by atoms with van der Waals surface area (Å²) in [6.07, 6.45) is 6.59. The van der Waals surface area contributed by atoms with Crippen molar-refractivity contribution in [3.63, 3.8) is 0 Å². The molecular formula is C20H22N4O2. The Morgan fingerprint density at radius 3 is 2.92 bits per heavy atom. The van der Waals surface area contributed by atoms with E-state index < -0.39 is 0 Å². The van der Waals surface area contributed by atoms with E-state index in [2.05, 4.69) is 40.5 Å². The number of rotatable bonds is 6. The lowest BCUT2D eigenvalue weighted by atomic mass is 10.1. The Morgan fingerprint density at radius 1 is 1.23 bits per heavy atom. The van der Waals surface area contributed by atoms with Crippen LogP contribution >= 0.6 is 0 Å². The van der Waals surface area contributed by atoms with Gasteiger partial charge >= 0.3 is 0 Å². The summed E-state index contributed by atoms with van der Waals surface area (Å²) < 4.78 is 13.2. The summed E-state index contributed by atoms with van der Waals surface area (Å²) in [5, 5.41) is 7.76. The summed E-state index contributed by atoms with van der Waals surface area (Å²) >= 11 is 0. The Balaban J connectivity index is 1.49. The molecule has 3 aromatic rings. The SMILES string of the molecule is COc1cc2c(cc1CNCc1cccnc1-n1cccn1)O[C@@H](C)C2. The van der Waals surface area contributed by atoms with Crippen LogP contribution in [0.4, 0.5) is 0 Å². The first-order valence-electron chi connectivity index (χ1n) is 8.75. The van der Waals surface area contributed by atoms with Crippen molar-refractivity contribution in [1.82, 2.24) is 20.1 Å². The molecular weight excluding hydrogens is 328 g/mol. The number of methoxy groups -OCH3 is 1. The third kappa shape index (κ3) is 3.28. The molecule has 0 saturated carbocycles. The zero-order chi connectivity index (χ0) is 17.9. The molecule has 0 bridgehead atoms. The summed E-state index contributed by atoms with van der Waals surface area (Å²) in [4.78, 5) is 4.45. The molecule has 0 aliphatic carbocycles. The van der Waals surface area contributed by atoms with Crippen molar-refractivity contribution in [2.45, 2.75) is 32.5 Å². The summed E-state index contributed by atoms with van der Waals surface area (Å²) in [5.74, 6) is 2.70. The second kappa shape index (κ2) is 7.17. The molecule has 6 heteroatoms. The van der Waals surface area contributed by atoms with Crippen LogP contribution in [0.2, 0.25) is 0 Å². The van der Waals surface area contributed by atoms with Gasteiger partial charge in [0.05, 0.1) is 7.11 Å². The maximum absolute atomic E-state index is 5.87. The highest BCUT2D eigenvalue weighted by atomic mass is 16.5. The maximum Gasteiger partial charge on any atom is 0.157 e. The van der Waals surface area contributed by atoms with Crippen molar-refractivity contribution in [3.05, 3.63) is 65.6 Å². The van der Waals surface area contributed by atoms with Crippen LogP contribution in [0, 0.1) is 0 Å². The van der Waals surface area contributed by atoms with Crippen molar-refractivity contribution in [3.8, 4) is 17.3 Å². The molecule has 26 heavy (non-hydrogen) atoms. The minimum atomic E-state index is 0.227. The second-order valence-electron chi connectivity index (χ2n) is 6.44. The van der Waals surface area contributed by atoms with Crippen LogP contribution < -0.4 is 14.8 Å². The summed E-state index contributed by atoms with van der Waals surface area (Å²) in [7, 11) is 1.71. The van der Waals surface area contributed by atoms with Crippen LogP contribution in [0.5, 0.6) is 11.5 Å². The molecule has 0 radical (unpaired) electrons. The molecule has 6 nitrogen and oxygen atoms in total. The third-order valence-corrected chi connectivity index (χ3v) is 4.52. The molecule has 1 N–H and O–H groups in total. The third-order valence-electron chi connectivity index (χ3n) is 4.52. The van der Waals surface area contributed by atoms with E-state index in [1.54, 1.807) is 24.2 Å². The molecule has 1 aromatic carbocycles. The van der Waals surface area contributed by atoms with E-state index in [1.165, 1.54) is 5.56 Å². The molecule has 134 valence electrons. The largest absolute Gasteiger partial charge is 0.496 e. The first-order chi connectivity index (χ1) is 12.7. The molecule has 0 spiro atoms. The Morgan fingerprint density at radius 2 is 2.12 bits per heavy atom. The smallest absolute Gasteiger partial charge is 0.157 e. The fraction of sp³-hybridized carbons (Fsp3) is 0.300. The van der Waals surface area contributed by atoms with Gasteiger partial charge in [0.2, 0.25) is 0 Å². The van der Waals surface area contributed by atoms with Crippen LogP contribution in [0.1, 0.15) is 23.6 Å². The predicted octanol–water partition coefficient (Wildman–Crippen LogP) is 2.89. The molecule has 1 atom stereocenters. The van der Waals surface area contributed by atoms with Gasteiger partial charge in [-0.25, -0.2) is 9.67 Å². The average Bonchev–Trinajstić information content (AvgIpc) is 3.30. The minimum Gasteiger partial charge on any atom is -0.496 e. The Bertz CT molecular complexity index is 893. The first kappa shape index (κ1) is 16.6. The number of aromatic nitrogens is 3. The van der Waals surface area contributed by atoms with Crippen molar-refractivity contribution >= 4 is 0 Å². The molecule has 1 aliphatic heterocycles. The fourth-order valence-corrected chi connectivity index (χ4v) is 3.31. The maximum atomic E-state index is 5.87. The van der Waals surface area contributed by atoms with Gasteiger partial charge in [-0.15, -0.1) is 0 Å². The first-order valence-corrected chi connectivity index (χ1v) is 8.75. The van der Waals surface area contributed by atoms with Crippen LogP contribution in [-0.4, -0.2) is 28.0 Å². The summed E-state index contributed by atoms with van der Waals surface area (Å²) in [6, 6.07) is 10.1. The van der Waals surface area contributed by atoms with Gasteiger partial charge in [0.1, 0.15) is 17.6 Å². The van der Waals surface area contributed by atoms with E-state index >= 15 is 0 Å². The standard InChI is InChI=1S/C20H22N4O2/c1-14-9-16-10-18(25-2)17(11-19(16)26-14)13-21-12-15-5-3-6-22-20(15)24-8-4-7-23-24/h3-8,10-11,14,21H,9,12-13H2,1-2H3/t14-/m0/s1. The second-order valence-corrected chi connectivity index (χ2v) is 6.44. The normalized spacial score (nSPS) is 15.5. The van der Waals surface area contributed by atoms with E-state index in [-0.39, 0.29) is 6.10 Å². The molecule has 0 amide bonds. The number of nitrogens with zero attached hydrogens (tertiary/aromatic N) is 3. The number of hydrogen-bond acceptors (Lipinski definition) is 5. The zero-order valence-electron chi connectivity index (χ0n) is 15.0. The molecule has 3 heterocycles. The highest BCUT2D eigenvalue weighted by Gasteiger charge is 2.21. The number of nitrogens with one attached hydrogen (secondary N) is 1. The van der Waals surface area contributed by atoms with Gasteiger partial charge in [0, 0.05) is 54.8 Å². The van der Waals surface area contributed by atoms with Gasteiger partial charge in [-0.2, -0.15) is 5.10 Å². The highest BCUT2D eigenvalue weighted by Crippen LogP contribution is 2.34. The van der Waals surface area contributed by atoms with E-state index in [1.807, 2.05) is 18.3 Å². The molecule has 0 unspecified atom stereocenters. The Kier molecular flexibility index (Phi) is 4.58. The summed E-state index contributed by atoms with van der Waals surface area (Å²) in [6.45, 7) is 3.45. The number of benzene rings is 1. The Hall–Kier alpha value is -2.86. The predicted molar refractivity (Wildman–Crippen MR) is 98.7 cm³/mol. The van der Waals surface area contributed by atoms with Gasteiger partial charge in [0.25, 0.3) is 0 Å². The van der Waals surface area contributed by atoms with Crippen molar-refractivity contribution in [1.29, 1.82) is 0 Å². The van der Waals surface area contributed by atoms with Gasteiger partial charge in [-0.05, 0) is 31.2 Å². The van der Waals surface area contributed by atoms with Gasteiger partial charge in [-0.3, -0.25) is 0 Å². The zero-order valence-corrected chi connectivity index (χ0v) is 15.0. The quantitative estimate of drug-likeness (QED) is 0.741. The number of ether oxygens (including phenoxy) is 2. The number of fused-ring (bicyclic) bond motifs is 1. The summed E-state index contributed by atoms with van der Waals surface area (Å²) in [5.41, 5.74) is 3.39. The van der Waals surface area contributed by atoms with Crippen molar-refractivity contribution in [2.24, 2.45) is 0 Å². The van der Waals surface area contributed by atoms with E-state index in [9.17, 15) is 0 Å². The van der Waals surface area contributed by atoms with E-state index in [4.69, 9.17) is 9.47 Å². The monoisotopic (exact) mass is 350 g/mol. The van der Waals surface area contributed by atoms with Crippen LogP contribution in [0.25, 0.3) is 5.82 Å². The van der Waals surface area contributed by atoms with Crippen molar-refractivity contribution < 1.29 is 9.47 Å². The van der Waals surface area contributed by atoms with Crippen molar-refractivity contribution in [2.75, 3.05) is 7.11 Å². The van der Waals surface area contributed by atoms with Gasteiger partial charge in [-0.1, -0.05) is 6.07 Å². The molecule has 0 fully saturated rings. The van der Waals surface area contributed by atoms with E-state index in [0.717, 1.165) is 34.9 Å². The molecule has 1 aliphatic rings. The lowest BCUT2D eigenvalue weighted by Gasteiger charge is -2.13. The minimum absolute atomic E-state index is 0.227. The van der Waals surface area contributed by atoms with Crippen LogP contribution in [0.3, 0.4) is 0 Å². The van der Waals surface area contributed by atoms with Crippen LogP contribution in [0.15, 0.2) is 48.9 Å². The van der Waals surface area contributed by atoms with Gasteiger partial charge < -0.3 is 14.8 Å². The number of pyridine rings is 1. The number of hydrogen-bond donors (Lipinski definition) is 1. The topological polar surface area (TPSA) is 61.2 Å². The molecule has 2 aromatic heterocycles. The highest BCUT2D eigenvalue weighted by molar-refractivity contribution is 5.48. The molecule has 0 saturated heterocycles. The van der Waals surface area contributed by atoms with Crippen LogP contribution in [-0.2, 0) is 19.5 Å². The van der Waals surface area contributed by atoms with E-state index in [0.29, 0.717) is 13.1 Å². The lowest BCUT2D eigenvalue weighted by molar-refractivity contribution is 0.254.